The lowest BCUT2D eigenvalue weighted by atomic mass is 10.0. The number of likely N-dealkylation sites (N-methyl/N-ethyl adjacent to an activating group) is 1. The van der Waals surface area contributed by atoms with Crippen LogP contribution in [0.1, 0.15) is 18.4 Å². The number of nitrogens with one attached hydrogen (secondary N) is 1. The maximum absolute atomic E-state index is 5.49. The molecular formula is C24H28N4O3. The molecule has 0 amide bonds. The second-order valence-corrected chi connectivity index (χ2v) is 7.73. The minimum absolute atomic E-state index is 0.617. The Hall–Kier alpha value is -3.32. The lowest BCUT2D eigenvalue weighted by Crippen LogP contribution is -2.15. The summed E-state index contributed by atoms with van der Waals surface area (Å²) in [6.45, 7) is 3.03. The molecule has 0 aliphatic carbocycles. The number of aromatic amines is 1. The van der Waals surface area contributed by atoms with E-state index in [-0.39, 0.29) is 0 Å². The van der Waals surface area contributed by atoms with Crippen molar-refractivity contribution in [1.29, 1.82) is 0 Å². The van der Waals surface area contributed by atoms with Gasteiger partial charge in [-0.3, -0.25) is 0 Å². The summed E-state index contributed by atoms with van der Waals surface area (Å²) in [7, 11) is 7.35. The van der Waals surface area contributed by atoms with Crippen molar-refractivity contribution in [2.24, 2.45) is 0 Å². The van der Waals surface area contributed by atoms with Crippen LogP contribution in [0.15, 0.2) is 40.9 Å². The van der Waals surface area contributed by atoms with Crippen molar-refractivity contribution >= 4 is 10.9 Å². The van der Waals surface area contributed by atoms with E-state index in [2.05, 4.69) is 39.1 Å². The van der Waals surface area contributed by atoms with Crippen molar-refractivity contribution in [1.82, 2.24) is 20.0 Å². The second kappa shape index (κ2) is 8.81. The Labute approximate surface area is 182 Å². The zero-order chi connectivity index (χ0) is 22.0. The van der Waals surface area contributed by atoms with Crippen molar-refractivity contribution in [2.45, 2.75) is 19.8 Å². The second-order valence-electron chi connectivity index (χ2n) is 7.73. The van der Waals surface area contributed by atoms with E-state index in [1.165, 1.54) is 5.56 Å². The monoisotopic (exact) mass is 420 g/mol. The maximum Gasteiger partial charge on any atom is 0.228 e. The van der Waals surface area contributed by atoms with Crippen LogP contribution in [0.25, 0.3) is 33.5 Å². The molecule has 162 valence electrons. The van der Waals surface area contributed by atoms with Crippen molar-refractivity contribution in [3.05, 3.63) is 47.9 Å². The van der Waals surface area contributed by atoms with E-state index in [1.807, 2.05) is 38.4 Å². The van der Waals surface area contributed by atoms with Crippen LogP contribution in [-0.2, 0) is 12.8 Å². The molecule has 0 saturated carbocycles. The van der Waals surface area contributed by atoms with Gasteiger partial charge in [0.05, 0.1) is 14.2 Å². The summed E-state index contributed by atoms with van der Waals surface area (Å²) in [6.07, 6.45) is 1.61. The number of H-pyrrole nitrogens is 1. The van der Waals surface area contributed by atoms with E-state index >= 15 is 0 Å². The number of hydrogen-bond donors (Lipinski definition) is 1. The van der Waals surface area contributed by atoms with Crippen LogP contribution in [0.4, 0.5) is 0 Å². The fraction of sp³-hybridized carbons (Fsp3) is 0.333. The molecule has 2 heterocycles. The maximum atomic E-state index is 5.49. The highest BCUT2D eigenvalue weighted by molar-refractivity contribution is 5.93. The fourth-order valence-corrected chi connectivity index (χ4v) is 3.79. The summed E-state index contributed by atoms with van der Waals surface area (Å²) in [6, 6.07) is 12.2. The highest BCUT2D eigenvalue weighted by Crippen LogP contribution is 2.37. The number of fused-ring (bicyclic) bond motifs is 1. The molecule has 2 aromatic heterocycles. The van der Waals surface area contributed by atoms with Gasteiger partial charge in [0.1, 0.15) is 0 Å². The third-order valence-electron chi connectivity index (χ3n) is 5.43. The molecule has 0 fully saturated rings. The Kier molecular flexibility index (Phi) is 5.95. The van der Waals surface area contributed by atoms with Crippen molar-refractivity contribution in [2.75, 3.05) is 34.9 Å². The van der Waals surface area contributed by atoms with Crippen LogP contribution in [0.2, 0.25) is 0 Å². The Morgan fingerprint density at radius 3 is 2.48 bits per heavy atom. The predicted octanol–water partition coefficient (Wildman–Crippen LogP) is 4.57. The van der Waals surface area contributed by atoms with Gasteiger partial charge in [0, 0.05) is 40.7 Å². The number of aryl methyl sites for hydroxylation is 1. The van der Waals surface area contributed by atoms with Crippen LogP contribution in [0, 0.1) is 0 Å². The van der Waals surface area contributed by atoms with E-state index in [4.69, 9.17) is 14.0 Å². The Morgan fingerprint density at radius 1 is 1.00 bits per heavy atom. The van der Waals surface area contributed by atoms with Crippen molar-refractivity contribution in [3.63, 3.8) is 0 Å². The van der Waals surface area contributed by atoms with Gasteiger partial charge in [0.15, 0.2) is 11.5 Å². The first kappa shape index (κ1) is 20.9. The molecular weight excluding hydrogens is 392 g/mol. The molecule has 4 rings (SSSR count). The summed E-state index contributed by atoms with van der Waals surface area (Å²) in [4.78, 5) is 10.2. The Morgan fingerprint density at radius 2 is 1.77 bits per heavy atom. The molecule has 31 heavy (non-hydrogen) atoms. The summed E-state index contributed by atoms with van der Waals surface area (Å²) in [5.74, 6) is 2.69. The van der Waals surface area contributed by atoms with Crippen LogP contribution >= 0.6 is 0 Å². The first-order valence-corrected chi connectivity index (χ1v) is 10.4. The van der Waals surface area contributed by atoms with Crippen LogP contribution < -0.4 is 9.47 Å². The van der Waals surface area contributed by atoms with E-state index < -0.39 is 0 Å². The molecule has 4 aromatic rings. The van der Waals surface area contributed by atoms with Gasteiger partial charge in [-0.1, -0.05) is 12.1 Å². The van der Waals surface area contributed by atoms with Gasteiger partial charge in [-0.05, 0) is 62.5 Å². The summed E-state index contributed by atoms with van der Waals surface area (Å²) in [5, 5.41) is 5.35. The first-order chi connectivity index (χ1) is 15.0. The largest absolute Gasteiger partial charge is 0.493 e. The fourth-order valence-electron chi connectivity index (χ4n) is 3.79. The molecule has 7 heteroatoms. The van der Waals surface area contributed by atoms with E-state index in [1.54, 1.807) is 14.2 Å². The molecule has 2 aromatic carbocycles. The quantitative estimate of drug-likeness (QED) is 0.450. The summed E-state index contributed by atoms with van der Waals surface area (Å²) in [5.41, 5.74) is 5.38. The third kappa shape index (κ3) is 4.14. The topological polar surface area (TPSA) is 76.4 Å². The molecule has 1 N–H and O–H groups in total. The molecule has 0 bridgehead atoms. The number of rotatable bonds is 8. The van der Waals surface area contributed by atoms with Crippen LogP contribution in [-0.4, -0.2) is 54.9 Å². The zero-order valence-electron chi connectivity index (χ0n) is 18.7. The van der Waals surface area contributed by atoms with Crippen LogP contribution in [0.3, 0.4) is 0 Å². The minimum Gasteiger partial charge on any atom is -0.493 e. The van der Waals surface area contributed by atoms with Gasteiger partial charge in [0.25, 0.3) is 0 Å². The predicted molar refractivity (Wildman–Crippen MR) is 122 cm³/mol. The molecule has 0 aliphatic rings. The number of methoxy groups -OCH3 is 2. The Balaban J connectivity index is 1.73. The van der Waals surface area contributed by atoms with Crippen LogP contribution in [0.5, 0.6) is 11.5 Å². The summed E-state index contributed by atoms with van der Waals surface area (Å²) >= 11 is 0. The van der Waals surface area contributed by atoms with Gasteiger partial charge in [-0.15, -0.1) is 0 Å². The van der Waals surface area contributed by atoms with Gasteiger partial charge in [-0.2, -0.15) is 4.98 Å². The average molecular weight is 421 g/mol. The molecule has 7 nitrogen and oxygen atoms in total. The van der Waals surface area contributed by atoms with Gasteiger partial charge >= 0.3 is 0 Å². The van der Waals surface area contributed by atoms with E-state index in [0.29, 0.717) is 23.2 Å². The first-order valence-electron chi connectivity index (χ1n) is 10.4. The molecule has 0 aliphatic heterocycles. The normalized spacial score (nSPS) is 11.4. The van der Waals surface area contributed by atoms with E-state index in [9.17, 15) is 0 Å². The van der Waals surface area contributed by atoms with Crippen molar-refractivity contribution in [3.8, 4) is 34.1 Å². The van der Waals surface area contributed by atoms with E-state index in [0.717, 1.165) is 47.1 Å². The van der Waals surface area contributed by atoms with Crippen molar-refractivity contribution < 1.29 is 14.0 Å². The average Bonchev–Trinajstić information content (AvgIpc) is 3.41. The van der Waals surface area contributed by atoms with Gasteiger partial charge in [-0.25, -0.2) is 0 Å². The lowest BCUT2D eigenvalue weighted by molar-refractivity contribution is 0.344. The Bertz CT molecular complexity index is 1190. The molecule has 0 unspecified atom stereocenters. The number of benzene rings is 2. The number of hydrogen-bond acceptors (Lipinski definition) is 6. The summed E-state index contributed by atoms with van der Waals surface area (Å²) < 4.78 is 16.3. The highest BCUT2D eigenvalue weighted by Gasteiger charge is 2.16. The molecule has 0 atom stereocenters. The minimum atomic E-state index is 0.617. The number of ether oxygens (including phenoxy) is 2. The molecule has 0 spiro atoms. The standard InChI is InChI=1S/C24H28N4O3/c1-6-17-18-13-16(24-26-22(31-27-24)11-12-28(2)3)7-9-19(18)25-23(17)15-8-10-20(29-4)21(14-15)30-5/h7-10,13-14,25H,6,11-12H2,1-5H3. The number of aromatic nitrogens is 3. The van der Waals surface area contributed by atoms with Gasteiger partial charge in [0.2, 0.25) is 11.7 Å². The number of nitrogens with zero attached hydrogens (tertiary/aromatic N) is 3. The third-order valence-corrected chi connectivity index (χ3v) is 5.43. The lowest BCUT2D eigenvalue weighted by Gasteiger charge is -2.10. The highest BCUT2D eigenvalue weighted by atomic mass is 16.5. The molecule has 0 saturated heterocycles. The SMILES string of the molecule is CCc1c(-c2ccc(OC)c(OC)c2)[nH]c2ccc(-c3noc(CCN(C)C)n3)cc12. The smallest absolute Gasteiger partial charge is 0.228 e. The molecule has 0 radical (unpaired) electrons. The zero-order valence-corrected chi connectivity index (χ0v) is 18.7. The van der Waals surface area contributed by atoms with Gasteiger partial charge < -0.3 is 23.9 Å².